The van der Waals surface area contributed by atoms with Gasteiger partial charge in [-0.3, -0.25) is 5.41 Å². The highest BCUT2D eigenvalue weighted by Gasteiger charge is 2.42. The lowest BCUT2D eigenvalue weighted by atomic mass is 9.87. The number of hydrogen-bond donors (Lipinski definition) is 4. The molecule has 44 heavy (non-hydrogen) atoms. The van der Waals surface area contributed by atoms with E-state index in [1.165, 1.54) is 11.1 Å². The van der Waals surface area contributed by atoms with Crippen LogP contribution in [0.15, 0.2) is 48.5 Å². The molecular formula is C35H41N3O6. The first-order valence-corrected chi connectivity index (χ1v) is 14.8. The van der Waals surface area contributed by atoms with E-state index in [-0.39, 0.29) is 18.3 Å². The molecule has 3 aromatic carbocycles. The highest BCUT2D eigenvalue weighted by molar-refractivity contribution is 5.91. The van der Waals surface area contributed by atoms with Gasteiger partial charge in [-0.25, -0.2) is 9.59 Å². The maximum absolute atomic E-state index is 13.5. The van der Waals surface area contributed by atoms with Crippen molar-refractivity contribution in [1.29, 1.82) is 5.41 Å². The summed E-state index contributed by atoms with van der Waals surface area (Å²) in [6, 6.07) is 14.8. The highest BCUT2D eigenvalue weighted by atomic mass is 16.6. The molecule has 1 atom stereocenters. The van der Waals surface area contributed by atoms with Crippen LogP contribution in [0, 0.1) is 26.2 Å². The number of phenolic OH excluding ortho intramolecular Hbond substituents is 1. The average Bonchev–Trinajstić information content (AvgIpc) is 3.00. The minimum Gasteiger partial charge on any atom is -0.508 e. The van der Waals surface area contributed by atoms with Gasteiger partial charge in [-0.15, -0.1) is 0 Å². The maximum atomic E-state index is 13.5. The zero-order valence-electron chi connectivity index (χ0n) is 26.2. The first-order chi connectivity index (χ1) is 20.9. The Labute approximate surface area is 258 Å². The molecule has 0 aliphatic carbocycles. The number of rotatable bonds is 9. The fourth-order valence-electron chi connectivity index (χ4n) is 5.63. The molecule has 0 radical (unpaired) electrons. The van der Waals surface area contributed by atoms with Gasteiger partial charge >= 0.3 is 11.9 Å². The number of esters is 2. The van der Waals surface area contributed by atoms with Crippen LogP contribution in [0.25, 0.3) is 11.1 Å². The van der Waals surface area contributed by atoms with Crippen molar-refractivity contribution in [2.75, 3.05) is 6.54 Å². The van der Waals surface area contributed by atoms with E-state index in [1.807, 2.05) is 45.0 Å². The molecule has 9 nitrogen and oxygen atoms in total. The van der Waals surface area contributed by atoms with Crippen LogP contribution >= 0.6 is 0 Å². The Hall–Kier alpha value is -4.79. The number of ether oxygens (including phenoxy) is 3. The monoisotopic (exact) mass is 599 g/mol. The van der Waals surface area contributed by atoms with E-state index in [9.17, 15) is 14.7 Å². The molecule has 1 heterocycles. The quantitative estimate of drug-likeness (QED) is 0.0757. The van der Waals surface area contributed by atoms with Gasteiger partial charge in [0.05, 0.1) is 0 Å². The van der Waals surface area contributed by atoms with E-state index >= 15 is 0 Å². The standard InChI is InChI=1S/C35H41N3O6/c1-7-27(23-9-13-25(39)14-10-23)28(8-2)24-11-15-26(16-12-24)42-33(41)35(6)18-17-29-22(5)31(20(3)21(4)32(29)44-35)43-30(40)19-38-34(36)37/h9-16,39H,7-8,17-19H2,1-6H3,(H4,36,37,38)/b28-27+. The molecule has 0 bridgehead atoms. The molecule has 4 rings (SSSR count). The zero-order chi connectivity index (χ0) is 32.2. The summed E-state index contributed by atoms with van der Waals surface area (Å²) < 4.78 is 17.8. The second-order valence-corrected chi connectivity index (χ2v) is 11.2. The summed E-state index contributed by atoms with van der Waals surface area (Å²) in [6.45, 7) is 11.3. The number of hydrogen-bond acceptors (Lipinski definition) is 7. The number of benzene rings is 3. The van der Waals surface area contributed by atoms with Crippen molar-refractivity contribution in [3.05, 3.63) is 81.9 Å². The number of carbonyl (C=O) groups is 2. The van der Waals surface area contributed by atoms with Crippen molar-refractivity contribution in [2.45, 2.75) is 72.8 Å². The van der Waals surface area contributed by atoms with Crippen molar-refractivity contribution < 1.29 is 28.9 Å². The van der Waals surface area contributed by atoms with Gasteiger partial charge < -0.3 is 30.4 Å². The number of guanidine groups is 1. The molecule has 0 amide bonds. The second kappa shape index (κ2) is 13.2. The lowest BCUT2D eigenvalue weighted by molar-refractivity contribution is -0.152. The van der Waals surface area contributed by atoms with Crippen molar-refractivity contribution in [3.8, 4) is 23.0 Å². The van der Waals surface area contributed by atoms with Crippen molar-refractivity contribution in [1.82, 2.24) is 5.32 Å². The van der Waals surface area contributed by atoms with Crippen LogP contribution < -0.4 is 25.3 Å². The molecule has 1 unspecified atom stereocenters. The summed E-state index contributed by atoms with van der Waals surface area (Å²) >= 11 is 0. The van der Waals surface area contributed by atoms with Crippen LogP contribution in [0.4, 0.5) is 0 Å². The van der Waals surface area contributed by atoms with Gasteiger partial charge in [0, 0.05) is 12.0 Å². The Morgan fingerprint density at radius 1 is 0.932 bits per heavy atom. The highest BCUT2D eigenvalue weighted by Crippen LogP contribution is 2.44. The normalized spacial score (nSPS) is 16.2. The van der Waals surface area contributed by atoms with Gasteiger partial charge in [0.15, 0.2) is 5.96 Å². The Morgan fingerprint density at radius 2 is 1.50 bits per heavy atom. The van der Waals surface area contributed by atoms with Gasteiger partial charge in [-0.2, -0.15) is 0 Å². The molecule has 1 aliphatic heterocycles. The molecule has 5 N–H and O–H groups in total. The van der Waals surface area contributed by atoms with E-state index in [0.717, 1.165) is 46.2 Å². The SMILES string of the molecule is CC/C(=C(/CC)c1ccc(OC(=O)C2(C)CCc3c(C)c(OC(=O)CNC(=N)N)c(C)c(C)c3O2)cc1)c1ccc(O)cc1. The topological polar surface area (TPSA) is 144 Å². The van der Waals surface area contributed by atoms with Gasteiger partial charge in [0.25, 0.3) is 0 Å². The third-order valence-electron chi connectivity index (χ3n) is 8.26. The minimum atomic E-state index is -1.21. The average molecular weight is 600 g/mol. The third kappa shape index (κ3) is 6.72. The van der Waals surface area contributed by atoms with Gasteiger partial charge in [0.2, 0.25) is 5.60 Å². The Bertz CT molecular complexity index is 1610. The van der Waals surface area contributed by atoms with E-state index in [4.69, 9.17) is 25.4 Å². The molecule has 9 heteroatoms. The first kappa shape index (κ1) is 32.1. The fourth-order valence-corrected chi connectivity index (χ4v) is 5.63. The molecule has 3 aromatic rings. The summed E-state index contributed by atoms with van der Waals surface area (Å²) in [6.07, 6.45) is 2.57. The maximum Gasteiger partial charge on any atom is 0.355 e. The van der Waals surface area contributed by atoms with Gasteiger partial charge in [-0.1, -0.05) is 38.1 Å². The summed E-state index contributed by atoms with van der Waals surface area (Å²) in [7, 11) is 0. The third-order valence-corrected chi connectivity index (χ3v) is 8.26. The lowest BCUT2D eigenvalue weighted by Crippen LogP contribution is -2.47. The summed E-state index contributed by atoms with van der Waals surface area (Å²) in [5.74, 6) is 0.351. The van der Waals surface area contributed by atoms with E-state index in [0.29, 0.717) is 30.1 Å². The second-order valence-electron chi connectivity index (χ2n) is 11.2. The van der Waals surface area contributed by atoms with Crippen LogP contribution in [0.1, 0.15) is 73.4 Å². The van der Waals surface area contributed by atoms with Gasteiger partial charge in [0.1, 0.15) is 29.5 Å². The number of phenols is 1. The van der Waals surface area contributed by atoms with Crippen molar-refractivity contribution in [3.63, 3.8) is 0 Å². The molecule has 0 spiro atoms. The predicted molar refractivity (Wildman–Crippen MR) is 171 cm³/mol. The lowest BCUT2D eigenvalue weighted by Gasteiger charge is -2.36. The predicted octanol–water partition coefficient (Wildman–Crippen LogP) is 6.13. The zero-order valence-corrected chi connectivity index (χ0v) is 26.2. The largest absolute Gasteiger partial charge is 0.508 e. The first-order valence-electron chi connectivity index (χ1n) is 14.8. The Morgan fingerprint density at radius 3 is 2.05 bits per heavy atom. The Balaban J connectivity index is 1.52. The Kier molecular flexibility index (Phi) is 9.67. The summed E-state index contributed by atoms with van der Waals surface area (Å²) in [5, 5.41) is 19.4. The molecule has 0 saturated heterocycles. The summed E-state index contributed by atoms with van der Waals surface area (Å²) in [4.78, 5) is 25.8. The van der Waals surface area contributed by atoms with Crippen molar-refractivity contribution >= 4 is 29.0 Å². The molecule has 232 valence electrons. The van der Waals surface area contributed by atoms with E-state index < -0.39 is 17.5 Å². The fraction of sp³-hybridized carbons (Fsp3) is 0.343. The molecule has 0 fully saturated rings. The number of fused-ring (bicyclic) bond motifs is 1. The minimum absolute atomic E-state index is 0.222. The smallest absolute Gasteiger partial charge is 0.355 e. The number of aromatic hydroxyl groups is 1. The van der Waals surface area contributed by atoms with Crippen LogP contribution in [0.3, 0.4) is 0 Å². The molecule has 0 aromatic heterocycles. The number of nitrogens with one attached hydrogen (secondary N) is 2. The molecular weight excluding hydrogens is 558 g/mol. The van der Waals surface area contributed by atoms with Crippen LogP contribution in [0.5, 0.6) is 23.0 Å². The van der Waals surface area contributed by atoms with Crippen LogP contribution in [0.2, 0.25) is 0 Å². The number of allylic oxidation sites excluding steroid dienone is 2. The van der Waals surface area contributed by atoms with E-state index in [2.05, 4.69) is 19.2 Å². The molecule has 1 aliphatic rings. The number of carbonyl (C=O) groups excluding carboxylic acids is 2. The molecule has 0 saturated carbocycles. The van der Waals surface area contributed by atoms with Gasteiger partial charge in [-0.05, 0) is 110 Å². The van der Waals surface area contributed by atoms with Crippen molar-refractivity contribution in [2.24, 2.45) is 5.73 Å². The van der Waals surface area contributed by atoms with Crippen LogP contribution in [-0.2, 0) is 16.0 Å². The summed E-state index contributed by atoms with van der Waals surface area (Å²) in [5.41, 5.74) is 11.7. The van der Waals surface area contributed by atoms with Crippen LogP contribution in [-0.4, -0.2) is 35.2 Å². The number of nitrogens with two attached hydrogens (primary N) is 1. The van der Waals surface area contributed by atoms with E-state index in [1.54, 1.807) is 31.2 Å².